The number of imidazole rings is 1. The van der Waals surface area contributed by atoms with Gasteiger partial charge in [-0.15, -0.1) is 0 Å². The monoisotopic (exact) mass is 793 g/mol. The van der Waals surface area contributed by atoms with Crippen LogP contribution in [-0.2, 0) is 15.7 Å². The Morgan fingerprint density at radius 3 is 1.84 bits per heavy atom. The SMILES string of the molecule is CC(C)(C)OC(=O)N1CCC[C@H]1C1=NC=C(c2ccc(C(=Cc3ccc(-c4cnc([C@@H]5CCCN5C(=O)OC(C)(C)C)[nH]4)cc3)c3ccc(C(F)(F)F)cc3)cc2)C1. The van der Waals surface area contributed by atoms with E-state index in [1.54, 1.807) is 16.0 Å². The Balaban J connectivity index is 1.10. The van der Waals surface area contributed by atoms with Crippen molar-refractivity contribution in [2.75, 3.05) is 13.1 Å². The van der Waals surface area contributed by atoms with Crippen molar-refractivity contribution in [1.82, 2.24) is 19.8 Å². The maximum atomic E-state index is 13.5. The maximum Gasteiger partial charge on any atom is 0.416 e. The highest BCUT2D eigenvalue weighted by molar-refractivity contribution is 6.03. The average Bonchev–Trinajstić information content (AvgIpc) is 3.99. The molecule has 1 N–H and O–H groups in total. The summed E-state index contributed by atoms with van der Waals surface area (Å²) in [6.07, 6.45) is 4.43. The predicted octanol–water partition coefficient (Wildman–Crippen LogP) is 11.3. The quantitative estimate of drug-likeness (QED) is 0.188. The zero-order valence-corrected chi connectivity index (χ0v) is 33.8. The van der Waals surface area contributed by atoms with Crippen LogP contribution in [0.1, 0.15) is 113 Å². The molecule has 9 nitrogen and oxygen atoms in total. The fourth-order valence-electron chi connectivity index (χ4n) is 7.68. The number of nitrogens with one attached hydrogen (secondary N) is 1. The number of hydrogen-bond acceptors (Lipinski definition) is 6. The van der Waals surface area contributed by atoms with E-state index in [1.165, 1.54) is 12.1 Å². The van der Waals surface area contributed by atoms with Gasteiger partial charge in [-0.1, -0.05) is 60.7 Å². The van der Waals surface area contributed by atoms with Crippen LogP contribution >= 0.6 is 0 Å². The summed E-state index contributed by atoms with van der Waals surface area (Å²) >= 11 is 0. The number of nitrogens with zero attached hydrogens (tertiary/aromatic N) is 4. The number of benzene rings is 3. The van der Waals surface area contributed by atoms with E-state index in [-0.39, 0.29) is 24.3 Å². The summed E-state index contributed by atoms with van der Waals surface area (Å²) in [7, 11) is 0. The van der Waals surface area contributed by atoms with E-state index < -0.39 is 22.9 Å². The van der Waals surface area contributed by atoms with Gasteiger partial charge in [0.25, 0.3) is 0 Å². The Morgan fingerprint density at radius 1 is 0.741 bits per heavy atom. The molecule has 2 amide bonds. The van der Waals surface area contributed by atoms with Crippen molar-refractivity contribution in [3.8, 4) is 11.3 Å². The molecule has 7 rings (SSSR count). The number of aromatic amines is 1. The second-order valence-electron chi connectivity index (χ2n) is 17.1. The van der Waals surface area contributed by atoms with Crippen LogP contribution in [0.5, 0.6) is 0 Å². The van der Waals surface area contributed by atoms with E-state index in [0.717, 1.165) is 82.6 Å². The number of aliphatic imine (C=N–C) groups is 1. The largest absolute Gasteiger partial charge is 0.444 e. The minimum Gasteiger partial charge on any atom is -0.444 e. The highest BCUT2D eigenvalue weighted by Gasteiger charge is 2.37. The molecule has 0 unspecified atom stereocenters. The molecule has 1 aromatic heterocycles. The van der Waals surface area contributed by atoms with Crippen LogP contribution in [0.2, 0.25) is 0 Å². The molecule has 0 aliphatic carbocycles. The van der Waals surface area contributed by atoms with E-state index >= 15 is 0 Å². The number of amides is 2. The number of aromatic nitrogens is 2. The van der Waals surface area contributed by atoms with Crippen LogP contribution in [0.3, 0.4) is 0 Å². The molecule has 0 saturated carbocycles. The van der Waals surface area contributed by atoms with Gasteiger partial charge in [0.05, 0.1) is 29.5 Å². The van der Waals surface area contributed by atoms with Gasteiger partial charge in [0, 0.05) is 31.4 Å². The maximum absolute atomic E-state index is 13.5. The van der Waals surface area contributed by atoms with E-state index in [2.05, 4.69) is 9.97 Å². The first-order chi connectivity index (χ1) is 27.4. The molecule has 2 atom stereocenters. The van der Waals surface area contributed by atoms with Crippen LogP contribution in [-0.4, -0.2) is 68.0 Å². The van der Waals surface area contributed by atoms with Gasteiger partial charge in [-0.25, -0.2) is 14.6 Å². The highest BCUT2D eigenvalue weighted by Crippen LogP contribution is 2.36. The molecule has 3 aliphatic rings. The third-order valence-electron chi connectivity index (χ3n) is 10.4. The number of carbonyl (C=O) groups is 2. The van der Waals surface area contributed by atoms with Crippen molar-refractivity contribution in [3.05, 3.63) is 119 Å². The number of hydrogen-bond donors (Lipinski definition) is 1. The van der Waals surface area contributed by atoms with Gasteiger partial charge in [-0.3, -0.25) is 14.8 Å². The summed E-state index contributed by atoms with van der Waals surface area (Å²) in [5, 5.41) is 0. The topological polar surface area (TPSA) is 100 Å². The van der Waals surface area contributed by atoms with Gasteiger partial charge in [0.1, 0.15) is 17.0 Å². The van der Waals surface area contributed by atoms with Crippen molar-refractivity contribution < 1.29 is 32.2 Å². The number of allylic oxidation sites excluding steroid dienone is 1. The lowest BCUT2D eigenvalue weighted by Crippen LogP contribution is -2.43. The molecule has 3 aliphatic heterocycles. The molecule has 4 heterocycles. The predicted molar refractivity (Wildman–Crippen MR) is 220 cm³/mol. The Morgan fingerprint density at radius 2 is 1.28 bits per heavy atom. The third-order valence-corrected chi connectivity index (χ3v) is 10.4. The van der Waals surface area contributed by atoms with Crippen LogP contribution < -0.4 is 0 Å². The van der Waals surface area contributed by atoms with E-state index in [1.807, 2.05) is 102 Å². The van der Waals surface area contributed by atoms with E-state index in [9.17, 15) is 22.8 Å². The Hall–Kier alpha value is -5.65. The molecule has 0 spiro atoms. The fraction of sp³-hybridized carbons (Fsp3) is 0.391. The summed E-state index contributed by atoms with van der Waals surface area (Å²) in [5.74, 6) is 0.702. The number of rotatable bonds is 7. The zero-order valence-electron chi connectivity index (χ0n) is 33.8. The van der Waals surface area contributed by atoms with Crippen LogP contribution in [0.4, 0.5) is 22.8 Å². The first-order valence-corrected chi connectivity index (χ1v) is 19.8. The minimum atomic E-state index is -4.45. The summed E-state index contributed by atoms with van der Waals surface area (Å²) in [5.41, 5.74) is 5.85. The summed E-state index contributed by atoms with van der Waals surface area (Å²) in [4.78, 5) is 42.1. The Bertz CT molecular complexity index is 2220. The van der Waals surface area contributed by atoms with Gasteiger partial charge in [0.15, 0.2) is 0 Å². The molecule has 4 aromatic rings. The van der Waals surface area contributed by atoms with Crippen LogP contribution in [0.25, 0.3) is 28.5 Å². The number of alkyl halides is 3. The molecule has 3 aromatic carbocycles. The molecule has 0 bridgehead atoms. The number of ether oxygens (including phenoxy) is 2. The van der Waals surface area contributed by atoms with Crippen molar-refractivity contribution in [2.45, 2.75) is 103 Å². The highest BCUT2D eigenvalue weighted by atomic mass is 19.4. The second-order valence-corrected chi connectivity index (χ2v) is 17.1. The minimum absolute atomic E-state index is 0.111. The summed E-state index contributed by atoms with van der Waals surface area (Å²) in [6.45, 7) is 12.4. The first-order valence-electron chi connectivity index (χ1n) is 19.8. The van der Waals surface area contributed by atoms with E-state index in [0.29, 0.717) is 30.9 Å². The molecule has 12 heteroatoms. The van der Waals surface area contributed by atoms with Gasteiger partial charge in [-0.2, -0.15) is 13.2 Å². The summed E-state index contributed by atoms with van der Waals surface area (Å²) in [6, 6.07) is 20.7. The lowest BCUT2D eigenvalue weighted by atomic mass is 9.92. The molecular weight excluding hydrogens is 744 g/mol. The molecule has 2 saturated heterocycles. The Kier molecular flexibility index (Phi) is 11.1. The lowest BCUT2D eigenvalue weighted by Gasteiger charge is -2.28. The van der Waals surface area contributed by atoms with Crippen molar-refractivity contribution in [2.24, 2.45) is 4.99 Å². The first kappa shape index (κ1) is 40.5. The second kappa shape index (κ2) is 15.9. The van der Waals surface area contributed by atoms with E-state index in [4.69, 9.17) is 14.5 Å². The van der Waals surface area contributed by atoms with Gasteiger partial charge in [0.2, 0.25) is 0 Å². The number of halogens is 3. The number of carbonyl (C=O) groups excluding carboxylic acids is 2. The lowest BCUT2D eigenvalue weighted by molar-refractivity contribution is -0.137. The zero-order chi connectivity index (χ0) is 41.4. The molecule has 58 heavy (non-hydrogen) atoms. The Labute approximate surface area is 337 Å². The van der Waals surface area contributed by atoms with Crippen LogP contribution in [0.15, 0.2) is 90.2 Å². The molecule has 0 radical (unpaired) electrons. The molecule has 2 fully saturated rings. The average molecular weight is 794 g/mol. The molecule has 304 valence electrons. The van der Waals surface area contributed by atoms with Crippen molar-refractivity contribution >= 4 is 35.1 Å². The fourth-order valence-corrected chi connectivity index (χ4v) is 7.68. The third kappa shape index (κ3) is 9.38. The van der Waals surface area contributed by atoms with Crippen molar-refractivity contribution in [1.29, 1.82) is 0 Å². The number of likely N-dealkylation sites (tertiary alicyclic amines) is 2. The normalized spacial score (nSPS) is 19.0. The molecular formula is C46H50F3N5O4. The van der Waals surface area contributed by atoms with Gasteiger partial charge < -0.3 is 14.5 Å². The standard InChI is InChI=1S/C46H50F3N5O4/c1-44(2,3)57-42(55)53-23-7-9-39(53)37-26-34(27-50-37)30-15-17-31(18-16-30)36(32-19-21-35(22-20-32)46(47,48)49)25-29-11-13-33(14-12-29)38-28-51-41(52-38)40-10-8-24-54(40)43(56)58-45(4,5)6/h11-22,25,27-28,39-40H,7-10,23-24,26H2,1-6H3,(H,51,52)/t39-,40-/m0/s1. The van der Waals surface area contributed by atoms with Crippen molar-refractivity contribution in [3.63, 3.8) is 0 Å². The van der Waals surface area contributed by atoms with Gasteiger partial charge in [-0.05, 0) is 124 Å². The number of H-pyrrole nitrogens is 1. The smallest absolute Gasteiger partial charge is 0.416 e. The van der Waals surface area contributed by atoms with Gasteiger partial charge >= 0.3 is 18.4 Å². The summed E-state index contributed by atoms with van der Waals surface area (Å²) < 4.78 is 51.9. The van der Waals surface area contributed by atoms with Crippen LogP contribution in [0, 0.1) is 0 Å².